The minimum absolute atomic E-state index is 0.0206. The van der Waals surface area contributed by atoms with E-state index in [0.717, 1.165) is 13.1 Å². The lowest BCUT2D eigenvalue weighted by Gasteiger charge is -2.18. The van der Waals surface area contributed by atoms with E-state index < -0.39 is 5.97 Å². The highest BCUT2D eigenvalue weighted by Crippen LogP contribution is 2.16. The molecule has 1 aliphatic rings. The number of aliphatic carboxylic acids is 1. The third-order valence-corrected chi connectivity index (χ3v) is 3.03. The van der Waals surface area contributed by atoms with Crippen LogP contribution in [-0.4, -0.2) is 36.1 Å². The van der Waals surface area contributed by atoms with E-state index in [2.05, 4.69) is 10.6 Å². The molecule has 1 saturated heterocycles. The smallest absolute Gasteiger partial charge is 0.303 e. The predicted octanol–water partition coefficient (Wildman–Crippen LogP) is 0.211. The maximum Gasteiger partial charge on any atom is 0.303 e. The standard InChI is InChI=1S/C11H20N2O3/c1-7-5-12-6-9(7)11(16)13-8(2)3-4-10(14)15/h7-9,12H,3-6H2,1-2H3,(H,13,16)(H,14,15)/t7-,8?,9-/m1/s1. The summed E-state index contributed by atoms with van der Waals surface area (Å²) in [6, 6.07) is -0.0728. The zero-order valence-electron chi connectivity index (χ0n) is 9.82. The summed E-state index contributed by atoms with van der Waals surface area (Å²) in [4.78, 5) is 22.2. The summed E-state index contributed by atoms with van der Waals surface area (Å²) in [5.74, 6) is -0.411. The van der Waals surface area contributed by atoms with Crippen molar-refractivity contribution < 1.29 is 14.7 Å². The quantitative estimate of drug-likeness (QED) is 0.628. The molecular formula is C11H20N2O3. The van der Waals surface area contributed by atoms with Crippen LogP contribution in [0.4, 0.5) is 0 Å². The van der Waals surface area contributed by atoms with Gasteiger partial charge in [-0.05, 0) is 25.8 Å². The van der Waals surface area contributed by atoms with Gasteiger partial charge in [0, 0.05) is 19.0 Å². The van der Waals surface area contributed by atoms with Crippen LogP contribution in [0.15, 0.2) is 0 Å². The van der Waals surface area contributed by atoms with E-state index in [0.29, 0.717) is 12.3 Å². The summed E-state index contributed by atoms with van der Waals surface area (Å²) in [6.07, 6.45) is 0.579. The maximum absolute atomic E-state index is 11.8. The molecule has 1 unspecified atom stereocenters. The van der Waals surface area contributed by atoms with E-state index in [4.69, 9.17) is 5.11 Å². The number of carboxylic acid groups (broad SMARTS) is 1. The molecule has 0 spiro atoms. The van der Waals surface area contributed by atoms with Crippen LogP contribution in [0.3, 0.4) is 0 Å². The van der Waals surface area contributed by atoms with Gasteiger partial charge in [0.05, 0.1) is 5.92 Å². The molecule has 0 aliphatic carbocycles. The number of carbonyl (C=O) groups excluding carboxylic acids is 1. The zero-order valence-corrected chi connectivity index (χ0v) is 9.82. The van der Waals surface area contributed by atoms with Crippen LogP contribution >= 0.6 is 0 Å². The molecule has 16 heavy (non-hydrogen) atoms. The highest BCUT2D eigenvalue weighted by atomic mass is 16.4. The minimum atomic E-state index is -0.822. The van der Waals surface area contributed by atoms with Crippen molar-refractivity contribution in [2.75, 3.05) is 13.1 Å². The molecule has 1 fully saturated rings. The molecule has 0 aromatic rings. The fourth-order valence-electron chi connectivity index (χ4n) is 1.92. The average molecular weight is 228 g/mol. The van der Waals surface area contributed by atoms with Crippen molar-refractivity contribution in [3.05, 3.63) is 0 Å². The second kappa shape index (κ2) is 5.84. The SMILES string of the molecule is CC(CCC(=O)O)NC(=O)[C@@H]1CNC[C@H]1C. The van der Waals surface area contributed by atoms with E-state index in [1.165, 1.54) is 0 Å². The number of hydrogen-bond donors (Lipinski definition) is 3. The fourth-order valence-corrected chi connectivity index (χ4v) is 1.92. The molecule has 1 amide bonds. The molecule has 3 atom stereocenters. The summed E-state index contributed by atoms with van der Waals surface area (Å²) >= 11 is 0. The van der Waals surface area contributed by atoms with Crippen LogP contribution in [0.25, 0.3) is 0 Å². The van der Waals surface area contributed by atoms with Crippen LogP contribution in [0, 0.1) is 11.8 Å². The Balaban J connectivity index is 2.30. The molecule has 5 heteroatoms. The number of hydrogen-bond acceptors (Lipinski definition) is 3. The second-order valence-electron chi connectivity index (χ2n) is 4.58. The molecule has 92 valence electrons. The van der Waals surface area contributed by atoms with E-state index >= 15 is 0 Å². The van der Waals surface area contributed by atoms with Gasteiger partial charge < -0.3 is 15.7 Å². The molecule has 0 aromatic heterocycles. The summed E-state index contributed by atoms with van der Waals surface area (Å²) in [5, 5.41) is 14.6. The zero-order chi connectivity index (χ0) is 12.1. The van der Waals surface area contributed by atoms with E-state index in [9.17, 15) is 9.59 Å². The molecule has 0 saturated carbocycles. The highest BCUT2D eigenvalue weighted by Gasteiger charge is 2.29. The van der Waals surface area contributed by atoms with Crippen LogP contribution in [0.1, 0.15) is 26.7 Å². The second-order valence-corrected chi connectivity index (χ2v) is 4.58. The first-order valence-electron chi connectivity index (χ1n) is 5.73. The Morgan fingerprint density at radius 3 is 2.69 bits per heavy atom. The van der Waals surface area contributed by atoms with Gasteiger partial charge in [0.25, 0.3) is 0 Å². The number of carbonyl (C=O) groups is 2. The topological polar surface area (TPSA) is 78.4 Å². The first-order valence-corrected chi connectivity index (χ1v) is 5.73. The van der Waals surface area contributed by atoms with Crippen LogP contribution < -0.4 is 10.6 Å². The van der Waals surface area contributed by atoms with Crippen LogP contribution in [0.5, 0.6) is 0 Å². The lowest BCUT2D eigenvalue weighted by Crippen LogP contribution is -2.39. The maximum atomic E-state index is 11.8. The number of carboxylic acids is 1. The predicted molar refractivity (Wildman–Crippen MR) is 60.0 cm³/mol. The third-order valence-electron chi connectivity index (χ3n) is 3.03. The highest BCUT2D eigenvalue weighted by molar-refractivity contribution is 5.79. The van der Waals surface area contributed by atoms with Crippen molar-refractivity contribution in [3.8, 4) is 0 Å². The Bertz CT molecular complexity index is 268. The Hall–Kier alpha value is -1.10. The van der Waals surface area contributed by atoms with Crippen molar-refractivity contribution >= 4 is 11.9 Å². The number of rotatable bonds is 5. The molecule has 0 aromatic carbocycles. The Labute approximate surface area is 95.6 Å². The molecule has 3 N–H and O–H groups in total. The van der Waals surface area contributed by atoms with Gasteiger partial charge in [-0.2, -0.15) is 0 Å². The van der Waals surface area contributed by atoms with Crippen molar-refractivity contribution in [1.82, 2.24) is 10.6 Å². The normalized spacial score (nSPS) is 26.4. The number of nitrogens with one attached hydrogen (secondary N) is 2. The molecule has 1 rings (SSSR count). The largest absolute Gasteiger partial charge is 0.481 e. The Morgan fingerprint density at radius 2 is 2.19 bits per heavy atom. The molecule has 1 aliphatic heterocycles. The lowest BCUT2D eigenvalue weighted by atomic mass is 9.97. The van der Waals surface area contributed by atoms with Gasteiger partial charge in [-0.25, -0.2) is 0 Å². The summed E-state index contributed by atoms with van der Waals surface area (Å²) < 4.78 is 0. The van der Waals surface area contributed by atoms with E-state index in [1.54, 1.807) is 0 Å². The number of amides is 1. The van der Waals surface area contributed by atoms with Crippen molar-refractivity contribution in [2.24, 2.45) is 11.8 Å². The van der Waals surface area contributed by atoms with Crippen LogP contribution in [0.2, 0.25) is 0 Å². The third kappa shape index (κ3) is 3.81. The van der Waals surface area contributed by atoms with Gasteiger partial charge in [0.15, 0.2) is 0 Å². The van der Waals surface area contributed by atoms with Crippen molar-refractivity contribution in [1.29, 1.82) is 0 Å². The summed E-state index contributed by atoms with van der Waals surface area (Å²) in [7, 11) is 0. The molecule has 1 heterocycles. The molecular weight excluding hydrogens is 208 g/mol. The van der Waals surface area contributed by atoms with Gasteiger partial charge in [-0.1, -0.05) is 6.92 Å². The fraction of sp³-hybridized carbons (Fsp3) is 0.818. The summed E-state index contributed by atoms with van der Waals surface area (Å²) in [5.41, 5.74) is 0. The van der Waals surface area contributed by atoms with Gasteiger partial charge in [0.1, 0.15) is 0 Å². The van der Waals surface area contributed by atoms with E-state index in [-0.39, 0.29) is 24.3 Å². The monoisotopic (exact) mass is 228 g/mol. The first-order chi connectivity index (χ1) is 7.50. The molecule has 5 nitrogen and oxygen atoms in total. The van der Waals surface area contributed by atoms with Crippen molar-refractivity contribution in [3.63, 3.8) is 0 Å². The summed E-state index contributed by atoms with van der Waals surface area (Å²) in [6.45, 7) is 5.49. The Kier molecular flexibility index (Phi) is 4.73. The molecule has 0 bridgehead atoms. The van der Waals surface area contributed by atoms with Gasteiger partial charge >= 0.3 is 5.97 Å². The van der Waals surface area contributed by atoms with Crippen LogP contribution in [-0.2, 0) is 9.59 Å². The van der Waals surface area contributed by atoms with E-state index in [1.807, 2.05) is 13.8 Å². The Morgan fingerprint density at radius 1 is 1.50 bits per heavy atom. The average Bonchev–Trinajstić information content (AvgIpc) is 2.61. The first kappa shape index (κ1) is 13.0. The van der Waals surface area contributed by atoms with Gasteiger partial charge in [-0.15, -0.1) is 0 Å². The lowest BCUT2D eigenvalue weighted by molar-refractivity contribution is -0.137. The molecule has 0 radical (unpaired) electrons. The van der Waals surface area contributed by atoms with Crippen molar-refractivity contribution in [2.45, 2.75) is 32.7 Å². The van der Waals surface area contributed by atoms with Gasteiger partial charge in [-0.3, -0.25) is 9.59 Å². The minimum Gasteiger partial charge on any atom is -0.481 e. The van der Waals surface area contributed by atoms with Gasteiger partial charge in [0.2, 0.25) is 5.91 Å².